The lowest BCUT2D eigenvalue weighted by Gasteiger charge is -2.20. The van der Waals surface area contributed by atoms with Crippen molar-refractivity contribution < 1.29 is 0 Å². The van der Waals surface area contributed by atoms with Gasteiger partial charge in [0.1, 0.15) is 0 Å². The van der Waals surface area contributed by atoms with Gasteiger partial charge in [0, 0.05) is 4.47 Å². The van der Waals surface area contributed by atoms with Crippen LogP contribution in [0.4, 0.5) is 0 Å². The largest absolute Gasteiger partial charge is 0.310 e. The van der Waals surface area contributed by atoms with E-state index < -0.39 is 0 Å². The third-order valence-corrected chi connectivity index (χ3v) is 4.89. The molecule has 2 aromatic rings. The van der Waals surface area contributed by atoms with Crippen LogP contribution in [0.2, 0.25) is 0 Å². The maximum absolute atomic E-state index is 3.54. The summed E-state index contributed by atoms with van der Waals surface area (Å²) in [5.41, 5.74) is 2.94. The molecule has 0 aromatic heterocycles. The van der Waals surface area contributed by atoms with Gasteiger partial charge in [-0.05, 0) is 67.3 Å². The highest BCUT2D eigenvalue weighted by molar-refractivity contribution is 9.10. The highest BCUT2D eigenvalue weighted by Gasteiger charge is 2.16. The third-order valence-electron chi connectivity index (χ3n) is 4.40. The highest BCUT2D eigenvalue weighted by atomic mass is 79.9. The van der Waals surface area contributed by atoms with E-state index in [9.17, 15) is 0 Å². The normalized spacial score (nSPS) is 17.3. The molecule has 2 heteroatoms. The molecule has 0 radical (unpaired) electrons. The zero-order chi connectivity index (χ0) is 14.7. The minimum absolute atomic E-state index is 0.358. The van der Waals surface area contributed by atoms with Crippen molar-refractivity contribution >= 4 is 26.7 Å². The molecule has 1 nitrogen and oxygen atoms in total. The Bertz CT molecular complexity index is 660. The van der Waals surface area contributed by atoms with Gasteiger partial charge in [-0.15, -0.1) is 0 Å². The summed E-state index contributed by atoms with van der Waals surface area (Å²) in [4.78, 5) is 0. The summed E-state index contributed by atoms with van der Waals surface area (Å²) in [7, 11) is 2.07. The highest BCUT2D eigenvalue weighted by Crippen LogP contribution is 2.31. The van der Waals surface area contributed by atoms with Gasteiger partial charge in [0.05, 0.1) is 6.04 Å². The molecule has 1 aliphatic rings. The second-order valence-electron chi connectivity index (χ2n) is 5.85. The second-order valence-corrected chi connectivity index (χ2v) is 6.77. The van der Waals surface area contributed by atoms with E-state index in [2.05, 4.69) is 70.8 Å². The molecule has 1 unspecified atom stereocenters. The molecule has 1 atom stereocenters. The molecule has 0 spiro atoms. The molecule has 0 amide bonds. The zero-order valence-corrected chi connectivity index (χ0v) is 14.1. The monoisotopic (exact) mass is 343 g/mol. The fourth-order valence-electron chi connectivity index (χ4n) is 3.28. The van der Waals surface area contributed by atoms with Crippen molar-refractivity contribution in [1.82, 2.24) is 5.32 Å². The Hall–Kier alpha value is -1.12. The van der Waals surface area contributed by atoms with Crippen molar-refractivity contribution in [1.29, 1.82) is 0 Å². The lowest BCUT2D eigenvalue weighted by molar-refractivity contribution is 0.629. The summed E-state index contributed by atoms with van der Waals surface area (Å²) in [5.74, 6) is 0. The summed E-state index contributed by atoms with van der Waals surface area (Å²) >= 11 is 3.54. The molecule has 0 fully saturated rings. The Morgan fingerprint density at radius 3 is 2.67 bits per heavy atom. The molecule has 1 aliphatic carbocycles. The van der Waals surface area contributed by atoms with E-state index in [4.69, 9.17) is 0 Å². The fourth-order valence-corrected chi connectivity index (χ4v) is 3.66. The number of allylic oxidation sites excluding steroid dienone is 1. The topological polar surface area (TPSA) is 12.0 Å². The first kappa shape index (κ1) is 14.8. The molecular formula is C19H22BrN. The van der Waals surface area contributed by atoms with Crippen molar-refractivity contribution in [2.24, 2.45) is 0 Å². The van der Waals surface area contributed by atoms with Crippen LogP contribution in [0.1, 0.15) is 43.7 Å². The fraction of sp³-hybridized carbons (Fsp3) is 0.368. The van der Waals surface area contributed by atoms with Crippen molar-refractivity contribution in [3.8, 4) is 0 Å². The first-order valence-electron chi connectivity index (χ1n) is 7.83. The van der Waals surface area contributed by atoms with E-state index in [1.807, 2.05) is 0 Å². The predicted octanol–water partition coefficient (Wildman–Crippen LogP) is 5.75. The van der Waals surface area contributed by atoms with Crippen LogP contribution in [0.3, 0.4) is 0 Å². The van der Waals surface area contributed by atoms with Crippen molar-refractivity contribution in [3.05, 3.63) is 58.1 Å². The van der Waals surface area contributed by atoms with Gasteiger partial charge in [0.25, 0.3) is 0 Å². The van der Waals surface area contributed by atoms with E-state index in [0.29, 0.717) is 6.04 Å². The van der Waals surface area contributed by atoms with Gasteiger partial charge in [-0.1, -0.05) is 52.2 Å². The van der Waals surface area contributed by atoms with Gasteiger partial charge in [-0.2, -0.15) is 0 Å². The van der Waals surface area contributed by atoms with Crippen LogP contribution in [-0.4, -0.2) is 7.05 Å². The Morgan fingerprint density at radius 1 is 1.00 bits per heavy atom. The molecule has 1 N–H and O–H groups in total. The maximum Gasteiger partial charge on any atom is 0.0533 e. The average Bonchev–Trinajstić information content (AvgIpc) is 2.77. The third kappa shape index (κ3) is 3.38. The maximum atomic E-state index is 3.54. The van der Waals surface area contributed by atoms with Crippen LogP contribution in [0, 0.1) is 0 Å². The predicted molar refractivity (Wildman–Crippen MR) is 94.6 cm³/mol. The van der Waals surface area contributed by atoms with Gasteiger partial charge >= 0.3 is 0 Å². The van der Waals surface area contributed by atoms with Gasteiger partial charge in [-0.25, -0.2) is 0 Å². The number of rotatable bonds is 3. The zero-order valence-electron chi connectivity index (χ0n) is 12.5. The Morgan fingerprint density at radius 2 is 1.81 bits per heavy atom. The number of hydrogen-bond acceptors (Lipinski definition) is 1. The van der Waals surface area contributed by atoms with Crippen molar-refractivity contribution in [2.75, 3.05) is 7.05 Å². The molecule has 21 heavy (non-hydrogen) atoms. The van der Waals surface area contributed by atoms with Gasteiger partial charge in [-0.3, -0.25) is 0 Å². The molecule has 0 bridgehead atoms. The van der Waals surface area contributed by atoms with Crippen LogP contribution in [0.15, 0.2) is 52.5 Å². The molecule has 2 aromatic carbocycles. The van der Waals surface area contributed by atoms with E-state index in [1.165, 1.54) is 48.4 Å². The Kier molecular flexibility index (Phi) is 4.77. The van der Waals surface area contributed by atoms with Gasteiger partial charge in [0.2, 0.25) is 0 Å². The van der Waals surface area contributed by atoms with E-state index in [0.717, 1.165) is 4.47 Å². The molecular weight excluding hydrogens is 322 g/mol. The summed E-state index contributed by atoms with van der Waals surface area (Å²) in [6, 6.07) is 13.7. The Balaban J connectivity index is 1.96. The summed E-state index contributed by atoms with van der Waals surface area (Å²) in [6.45, 7) is 0. The minimum atomic E-state index is 0.358. The SMILES string of the molecule is CNC(C1=CCCCCC1)c1ccc2cc(Br)ccc2c1. The smallest absolute Gasteiger partial charge is 0.0533 e. The standard InChI is InChI=1S/C19H22BrN/c1-21-19(14-6-4-2-3-5-7-14)17-9-8-16-13-18(20)11-10-15(16)12-17/h6,8-13,19,21H,2-5,7H2,1H3. The second kappa shape index (κ2) is 6.76. The lowest BCUT2D eigenvalue weighted by atomic mass is 9.93. The summed E-state index contributed by atoms with van der Waals surface area (Å²) < 4.78 is 1.14. The van der Waals surface area contributed by atoms with Crippen molar-refractivity contribution in [3.63, 3.8) is 0 Å². The molecule has 0 heterocycles. The Labute approximate surface area is 135 Å². The molecule has 0 aliphatic heterocycles. The van der Waals surface area contributed by atoms with Crippen LogP contribution in [0.25, 0.3) is 10.8 Å². The summed E-state index contributed by atoms with van der Waals surface area (Å²) in [5, 5.41) is 6.11. The van der Waals surface area contributed by atoms with E-state index in [-0.39, 0.29) is 0 Å². The van der Waals surface area contributed by atoms with E-state index >= 15 is 0 Å². The summed E-state index contributed by atoms with van der Waals surface area (Å²) in [6.07, 6.45) is 8.94. The van der Waals surface area contributed by atoms with Crippen LogP contribution in [0.5, 0.6) is 0 Å². The van der Waals surface area contributed by atoms with E-state index in [1.54, 1.807) is 5.57 Å². The first-order chi connectivity index (χ1) is 10.3. The lowest BCUT2D eigenvalue weighted by Crippen LogP contribution is -2.18. The molecule has 3 rings (SSSR count). The molecule has 110 valence electrons. The van der Waals surface area contributed by atoms with Crippen LogP contribution in [-0.2, 0) is 0 Å². The van der Waals surface area contributed by atoms with Gasteiger partial charge in [0.15, 0.2) is 0 Å². The van der Waals surface area contributed by atoms with Crippen molar-refractivity contribution in [2.45, 2.75) is 38.1 Å². The number of likely N-dealkylation sites (N-methyl/N-ethyl adjacent to an activating group) is 1. The number of hydrogen-bond donors (Lipinski definition) is 1. The number of fused-ring (bicyclic) bond motifs is 1. The minimum Gasteiger partial charge on any atom is -0.310 e. The van der Waals surface area contributed by atoms with Crippen LogP contribution >= 0.6 is 15.9 Å². The number of benzene rings is 2. The molecule has 0 saturated heterocycles. The quantitative estimate of drug-likeness (QED) is 0.699. The number of nitrogens with one attached hydrogen (secondary N) is 1. The average molecular weight is 344 g/mol. The first-order valence-corrected chi connectivity index (χ1v) is 8.62. The van der Waals surface area contributed by atoms with Gasteiger partial charge < -0.3 is 5.32 Å². The molecule has 0 saturated carbocycles. The number of halogens is 1. The van der Waals surface area contributed by atoms with Crippen LogP contribution < -0.4 is 5.32 Å².